The molecule has 5 heteroatoms. The Morgan fingerprint density at radius 3 is 2.00 bits per heavy atom. The fourth-order valence-corrected chi connectivity index (χ4v) is 10.8. The average Bonchev–Trinajstić information content (AvgIpc) is 2.75. The topological polar surface area (TPSA) is 58.9 Å². The molecule has 0 saturated carbocycles. The maximum absolute atomic E-state index is 11.2. The predicted molar refractivity (Wildman–Crippen MR) is 137 cm³/mol. The van der Waals surface area contributed by atoms with Gasteiger partial charge in [0, 0.05) is 18.4 Å². The molecule has 0 saturated heterocycles. The molecule has 32 heavy (non-hydrogen) atoms. The van der Waals surface area contributed by atoms with Gasteiger partial charge in [-0.25, -0.2) is 0 Å². The first-order valence-electron chi connectivity index (χ1n) is 12.3. The first kappa shape index (κ1) is 29.0. The van der Waals surface area contributed by atoms with Gasteiger partial charge < -0.3 is 19.4 Å². The summed E-state index contributed by atoms with van der Waals surface area (Å²) in [5.74, 6) is -0.354. The molecule has 0 aliphatic carbocycles. The standard InChI is InChI=1S/C27H48O4Si/c1-9-10-16-25(17-28)27(29)23(8)26(19-30-18-24-14-12-11-13-15-24)31-32(20(2)3,21(4)5)22(6)7/h9,11-15,20-23,25-29H,1,10,16-19H2,2-8H3/t23-,25+,26-,27+/m0/s1. The van der Waals surface area contributed by atoms with Crippen molar-refractivity contribution in [3.05, 3.63) is 48.6 Å². The van der Waals surface area contributed by atoms with Crippen molar-refractivity contribution >= 4 is 8.32 Å². The third-order valence-corrected chi connectivity index (χ3v) is 13.2. The number of aliphatic hydroxyl groups excluding tert-OH is 2. The zero-order valence-electron chi connectivity index (χ0n) is 21.5. The van der Waals surface area contributed by atoms with Crippen LogP contribution in [0.2, 0.25) is 16.6 Å². The second kappa shape index (κ2) is 14.3. The number of hydrogen-bond acceptors (Lipinski definition) is 4. The van der Waals surface area contributed by atoms with Crippen LogP contribution in [-0.4, -0.2) is 44.0 Å². The Hall–Kier alpha value is -0.983. The molecular formula is C27H48O4Si. The van der Waals surface area contributed by atoms with E-state index < -0.39 is 14.4 Å². The summed E-state index contributed by atoms with van der Waals surface area (Å²) in [6, 6.07) is 10.1. The van der Waals surface area contributed by atoms with Crippen molar-refractivity contribution in [3.63, 3.8) is 0 Å². The molecule has 0 heterocycles. The number of rotatable bonds is 16. The highest BCUT2D eigenvalue weighted by Crippen LogP contribution is 2.44. The van der Waals surface area contributed by atoms with E-state index in [0.29, 0.717) is 36.3 Å². The van der Waals surface area contributed by atoms with Crippen LogP contribution in [0.25, 0.3) is 0 Å². The zero-order chi connectivity index (χ0) is 24.3. The van der Waals surface area contributed by atoms with Crippen molar-refractivity contribution in [2.45, 2.75) is 96.7 Å². The molecule has 4 atom stereocenters. The Morgan fingerprint density at radius 2 is 1.53 bits per heavy atom. The molecule has 0 aromatic heterocycles. The largest absolute Gasteiger partial charge is 0.410 e. The summed E-state index contributed by atoms with van der Waals surface area (Å²) in [5.41, 5.74) is 2.45. The van der Waals surface area contributed by atoms with E-state index in [2.05, 4.69) is 60.3 Å². The molecule has 2 N–H and O–H groups in total. The Bertz CT molecular complexity index is 610. The Morgan fingerprint density at radius 1 is 0.969 bits per heavy atom. The molecular weight excluding hydrogens is 416 g/mol. The lowest BCUT2D eigenvalue weighted by atomic mass is 9.86. The fraction of sp³-hybridized carbons (Fsp3) is 0.704. The number of aliphatic hydroxyl groups is 2. The smallest absolute Gasteiger partial charge is 0.200 e. The van der Waals surface area contributed by atoms with E-state index in [9.17, 15) is 10.2 Å². The molecule has 1 rings (SSSR count). The lowest BCUT2D eigenvalue weighted by Crippen LogP contribution is -2.54. The van der Waals surface area contributed by atoms with Gasteiger partial charge in [-0.2, -0.15) is 0 Å². The van der Waals surface area contributed by atoms with Crippen molar-refractivity contribution < 1.29 is 19.4 Å². The first-order chi connectivity index (χ1) is 15.1. The lowest BCUT2D eigenvalue weighted by Gasteiger charge is -2.46. The van der Waals surface area contributed by atoms with Crippen molar-refractivity contribution in [1.29, 1.82) is 0 Å². The van der Waals surface area contributed by atoms with E-state index in [4.69, 9.17) is 9.16 Å². The molecule has 1 aromatic rings. The monoisotopic (exact) mass is 464 g/mol. The number of benzene rings is 1. The van der Waals surface area contributed by atoms with E-state index in [1.165, 1.54) is 0 Å². The number of allylic oxidation sites excluding steroid dienone is 1. The summed E-state index contributed by atoms with van der Waals surface area (Å²) in [7, 11) is -2.17. The van der Waals surface area contributed by atoms with E-state index in [1.54, 1.807) is 0 Å². The molecule has 0 aliphatic heterocycles. The molecule has 0 aliphatic rings. The molecule has 0 radical (unpaired) electrons. The van der Waals surface area contributed by atoms with Crippen molar-refractivity contribution in [2.75, 3.05) is 13.2 Å². The van der Waals surface area contributed by atoms with Gasteiger partial charge in [0.05, 0.1) is 25.4 Å². The maximum atomic E-state index is 11.2. The van der Waals surface area contributed by atoms with Crippen LogP contribution in [0.4, 0.5) is 0 Å². The van der Waals surface area contributed by atoms with Crippen LogP contribution in [-0.2, 0) is 15.8 Å². The van der Waals surface area contributed by atoms with Gasteiger partial charge >= 0.3 is 0 Å². The molecule has 0 bridgehead atoms. The quantitative estimate of drug-likeness (QED) is 0.221. The Labute approximate surface area is 198 Å². The van der Waals surface area contributed by atoms with Gasteiger partial charge in [-0.3, -0.25) is 0 Å². The summed E-state index contributed by atoms with van der Waals surface area (Å²) >= 11 is 0. The maximum Gasteiger partial charge on any atom is 0.200 e. The lowest BCUT2D eigenvalue weighted by molar-refractivity contribution is -0.0559. The molecule has 0 fully saturated rings. The highest BCUT2D eigenvalue weighted by atomic mass is 28.4. The second-order valence-electron chi connectivity index (χ2n) is 10.1. The van der Waals surface area contributed by atoms with Crippen LogP contribution in [0, 0.1) is 11.8 Å². The Kier molecular flexibility index (Phi) is 13.0. The molecule has 1 aromatic carbocycles. The molecule has 0 unspecified atom stereocenters. The summed E-state index contributed by atoms with van der Waals surface area (Å²) < 4.78 is 13.2. The predicted octanol–water partition coefficient (Wildman–Crippen LogP) is 6.34. The van der Waals surface area contributed by atoms with E-state index >= 15 is 0 Å². The van der Waals surface area contributed by atoms with Crippen molar-refractivity contribution in [2.24, 2.45) is 11.8 Å². The van der Waals surface area contributed by atoms with Crippen LogP contribution in [0.3, 0.4) is 0 Å². The van der Waals surface area contributed by atoms with Crippen LogP contribution >= 0.6 is 0 Å². The van der Waals surface area contributed by atoms with Gasteiger partial charge in [0.25, 0.3) is 0 Å². The minimum atomic E-state index is -2.17. The number of ether oxygens (including phenoxy) is 1. The summed E-state index contributed by atoms with van der Waals surface area (Å²) in [4.78, 5) is 0. The van der Waals surface area contributed by atoms with Gasteiger partial charge in [-0.15, -0.1) is 6.58 Å². The zero-order valence-corrected chi connectivity index (χ0v) is 22.5. The normalized spacial score (nSPS) is 16.4. The molecule has 184 valence electrons. The summed E-state index contributed by atoms with van der Waals surface area (Å²) in [6.45, 7) is 20.4. The number of hydrogen-bond donors (Lipinski definition) is 2. The van der Waals surface area contributed by atoms with Gasteiger partial charge in [0.1, 0.15) is 0 Å². The third kappa shape index (κ3) is 7.81. The van der Waals surface area contributed by atoms with Gasteiger partial charge in [0.15, 0.2) is 0 Å². The Balaban J connectivity index is 3.13. The summed E-state index contributed by atoms with van der Waals surface area (Å²) in [6.07, 6.45) is 2.43. The highest BCUT2D eigenvalue weighted by molar-refractivity contribution is 6.77. The molecule has 4 nitrogen and oxygen atoms in total. The van der Waals surface area contributed by atoms with E-state index in [0.717, 1.165) is 12.0 Å². The fourth-order valence-electron chi connectivity index (χ4n) is 5.18. The minimum absolute atomic E-state index is 0.0436. The van der Waals surface area contributed by atoms with Crippen molar-refractivity contribution in [3.8, 4) is 0 Å². The van der Waals surface area contributed by atoms with Crippen molar-refractivity contribution in [1.82, 2.24) is 0 Å². The van der Waals surface area contributed by atoms with Gasteiger partial charge in [-0.1, -0.05) is 84.9 Å². The van der Waals surface area contributed by atoms with Crippen LogP contribution in [0.15, 0.2) is 43.0 Å². The van der Waals surface area contributed by atoms with Gasteiger partial charge in [-0.05, 0) is 35.0 Å². The highest BCUT2D eigenvalue weighted by Gasteiger charge is 2.48. The van der Waals surface area contributed by atoms with E-state index in [1.807, 2.05) is 31.2 Å². The SMILES string of the molecule is C=CCC[C@H](CO)[C@H](O)[C@@H](C)[C@H](COCc1ccccc1)O[Si](C(C)C)(C(C)C)C(C)C. The molecule has 0 amide bonds. The van der Waals surface area contributed by atoms with Crippen LogP contribution < -0.4 is 0 Å². The third-order valence-electron chi connectivity index (χ3n) is 7.04. The van der Waals surface area contributed by atoms with Crippen LogP contribution in [0.5, 0.6) is 0 Å². The van der Waals surface area contributed by atoms with E-state index in [-0.39, 0.29) is 24.5 Å². The summed E-state index contributed by atoms with van der Waals surface area (Å²) in [5, 5.41) is 21.1. The minimum Gasteiger partial charge on any atom is -0.410 e. The average molecular weight is 465 g/mol. The van der Waals surface area contributed by atoms with Crippen LogP contribution in [0.1, 0.15) is 66.9 Å². The second-order valence-corrected chi connectivity index (χ2v) is 15.5. The first-order valence-corrected chi connectivity index (χ1v) is 14.4. The molecule has 0 spiro atoms. The van der Waals surface area contributed by atoms with Gasteiger partial charge in [0.2, 0.25) is 8.32 Å².